The summed E-state index contributed by atoms with van der Waals surface area (Å²) in [5.74, 6) is 0. The zero-order valence-electron chi connectivity index (χ0n) is 13.7. The van der Waals surface area contributed by atoms with E-state index in [1.165, 1.54) is 5.39 Å². The summed E-state index contributed by atoms with van der Waals surface area (Å²) in [7, 11) is 0. The van der Waals surface area contributed by atoms with Crippen LogP contribution in [0.2, 0.25) is 0 Å². The number of hydrogen-bond acceptors (Lipinski definition) is 4. The van der Waals surface area contributed by atoms with Crippen LogP contribution >= 0.6 is 11.3 Å². The molecule has 5 heteroatoms. The Labute approximate surface area is 149 Å². The topological polar surface area (TPSA) is 54.5 Å². The van der Waals surface area contributed by atoms with Crippen LogP contribution in [0.4, 0.5) is 0 Å². The first-order chi connectivity index (χ1) is 12.3. The van der Waals surface area contributed by atoms with Gasteiger partial charge in [0, 0.05) is 46.0 Å². The molecule has 5 rings (SSSR count). The minimum absolute atomic E-state index is 1.03. The number of benzene rings is 1. The monoisotopic (exact) mass is 344 g/mol. The molecule has 0 aliphatic rings. The summed E-state index contributed by atoms with van der Waals surface area (Å²) in [6.45, 7) is 2.00. The Morgan fingerprint density at radius 2 is 1.84 bits per heavy atom. The van der Waals surface area contributed by atoms with Gasteiger partial charge in [-0.3, -0.25) is 9.97 Å². The van der Waals surface area contributed by atoms with Crippen LogP contribution in [0.25, 0.3) is 32.5 Å². The quantitative estimate of drug-likeness (QED) is 0.453. The number of thiazole rings is 1. The van der Waals surface area contributed by atoms with Gasteiger partial charge in [0.2, 0.25) is 0 Å². The highest BCUT2D eigenvalue weighted by molar-refractivity contribution is 7.13. The second kappa shape index (κ2) is 6.83. The van der Waals surface area contributed by atoms with Crippen LogP contribution in [0.15, 0.2) is 72.5 Å². The maximum Gasteiger partial charge on any atom is 0.139 e. The van der Waals surface area contributed by atoms with Gasteiger partial charge in [-0.15, -0.1) is 11.3 Å². The molecule has 0 fully saturated rings. The van der Waals surface area contributed by atoms with E-state index in [9.17, 15) is 0 Å². The molecule has 0 aliphatic carbocycles. The average Bonchev–Trinajstić information content (AvgIpc) is 3.28. The van der Waals surface area contributed by atoms with E-state index in [1.54, 1.807) is 17.5 Å². The summed E-state index contributed by atoms with van der Waals surface area (Å²) >= 11 is 1.66. The number of aromatic nitrogens is 4. The lowest BCUT2D eigenvalue weighted by Gasteiger charge is -1.91. The molecule has 1 aromatic carbocycles. The number of pyridine rings is 2. The number of para-hydroxylation sites is 1. The minimum atomic E-state index is 1.03. The Balaban J connectivity index is 0.000000136. The highest BCUT2D eigenvalue weighted by atomic mass is 32.1. The Hall–Kier alpha value is -3.05. The van der Waals surface area contributed by atoms with E-state index in [2.05, 4.69) is 43.5 Å². The average molecular weight is 344 g/mol. The van der Waals surface area contributed by atoms with E-state index < -0.39 is 0 Å². The van der Waals surface area contributed by atoms with Crippen LogP contribution in [-0.2, 0) is 0 Å². The fraction of sp³-hybridized carbons (Fsp3) is 0.0500. The second-order valence-electron chi connectivity index (χ2n) is 5.64. The number of hydrogen-bond donors (Lipinski definition) is 1. The molecule has 4 heterocycles. The summed E-state index contributed by atoms with van der Waals surface area (Å²) in [6.07, 6.45) is 5.45. The van der Waals surface area contributed by atoms with Crippen LogP contribution in [0.5, 0.6) is 0 Å². The summed E-state index contributed by atoms with van der Waals surface area (Å²) in [4.78, 5) is 16.0. The highest BCUT2D eigenvalue weighted by Gasteiger charge is 2.05. The molecule has 0 bridgehead atoms. The highest BCUT2D eigenvalue weighted by Crippen LogP contribution is 2.25. The molecule has 1 N–H and O–H groups in total. The SMILES string of the molecule is Cc1csc(-c2cc3cnccc3[nH]2)n1.c1ccc2ncccc2c1. The second-order valence-corrected chi connectivity index (χ2v) is 6.49. The largest absolute Gasteiger partial charge is 0.352 e. The third-order valence-corrected chi connectivity index (χ3v) is 4.78. The number of fused-ring (bicyclic) bond motifs is 2. The molecule has 4 nitrogen and oxygen atoms in total. The Bertz CT molecular complexity index is 1030. The first kappa shape index (κ1) is 15.5. The summed E-state index contributed by atoms with van der Waals surface area (Å²) in [5, 5.41) is 5.41. The molecule has 122 valence electrons. The van der Waals surface area contributed by atoms with Crippen molar-refractivity contribution in [3.8, 4) is 10.7 Å². The predicted molar refractivity (Wildman–Crippen MR) is 104 cm³/mol. The van der Waals surface area contributed by atoms with Crippen LogP contribution in [0, 0.1) is 6.92 Å². The summed E-state index contributed by atoms with van der Waals surface area (Å²) in [6, 6.07) is 16.1. The van der Waals surface area contributed by atoms with Gasteiger partial charge in [-0.05, 0) is 31.2 Å². The van der Waals surface area contributed by atoms with Gasteiger partial charge in [0.05, 0.1) is 11.2 Å². The molecule has 5 aromatic rings. The Kier molecular flexibility index (Phi) is 4.23. The maximum atomic E-state index is 4.44. The number of rotatable bonds is 1. The number of H-pyrrole nitrogens is 1. The minimum Gasteiger partial charge on any atom is -0.352 e. The van der Waals surface area contributed by atoms with Crippen LogP contribution in [0.3, 0.4) is 0 Å². The predicted octanol–water partition coefficient (Wildman–Crippen LogP) is 5.23. The van der Waals surface area contributed by atoms with Crippen molar-refractivity contribution in [2.24, 2.45) is 0 Å². The molecule has 0 amide bonds. The van der Waals surface area contributed by atoms with Crippen molar-refractivity contribution in [3.63, 3.8) is 0 Å². The number of nitrogens with one attached hydrogen (secondary N) is 1. The van der Waals surface area contributed by atoms with E-state index in [0.717, 1.165) is 32.8 Å². The molecular weight excluding hydrogens is 328 g/mol. The lowest BCUT2D eigenvalue weighted by molar-refractivity contribution is 1.25. The zero-order chi connectivity index (χ0) is 17.1. The summed E-state index contributed by atoms with van der Waals surface area (Å²) < 4.78 is 0. The molecule has 0 saturated heterocycles. The normalized spacial score (nSPS) is 10.6. The van der Waals surface area contributed by atoms with Crippen LogP contribution in [-0.4, -0.2) is 19.9 Å². The molecule has 4 aromatic heterocycles. The molecule has 0 spiro atoms. The lowest BCUT2D eigenvalue weighted by Crippen LogP contribution is -1.75. The smallest absolute Gasteiger partial charge is 0.139 e. The fourth-order valence-corrected chi connectivity index (χ4v) is 3.35. The van der Waals surface area contributed by atoms with Gasteiger partial charge in [0.1, 0.15) is 5.01 Å². The van der Waals surface area contributed by atoms with E-state index in [0.29, 0.717) is 0 Å². The molecule has 0 unspecified atom stereocenters. The maximum absolute atomic E-state index is 4.44. The van der Waals surface area contributed by atoms with Crippen molar-refractivity contribution >= 4 is 33.1 Å². The zero-order valence-corrected chi connectivity index (χ0v) is 14.5. The van der Waals surface area contributed by atoms with Crippen molar-refractivity contribution in [3.05, 3.63) is 78.2 Å². The molecule has 0 saturated carbocycles. The Morgan fingerprint density at radius 3 is 2.64 bits per heavy atom. The molecule has 0 radical (unpaired) electrons. The van der Waals surface area contributed by atoms with Gasteiger partial charge in [-0.25, -0.2) is 4.98 Å². The van der Waals surface area contributed by atoms with Crippen LogP contribution in [0.1, 0.15) is 5.69 Å². The fourth-order valence-electron chi connectivity index (χ4n) is 2.58. The first-order valence-electron chi connectivity index (χ1n) is 7.94. The molecule has 0 atom stereocenters. The van der Waals surface area contributed by atoms with E-state index in [1.807, 2.05) is 49.6 Å². The van der Waals surface area contributed by atoms with Gasteiger partial charge < -0.3 is 4.98 Å². The lowest BCUT2D eigenvalue weighted by atomic mass is 10.2. The van der Waals surface area contributed by atoms with Gasteiger partial charge in [0.15, 0.2) is 0 Å². The van der Waals surface area contributed by atoms with Gasteiger partial charge in [0.25, 0.3) is 0 Å². The van der Waals surface area contributed by atoms with Crippen molar-refractivity contribution in [1.82, 2.24) is 19.9 Å². The molecule has 25 heavy (non-hydrogen) atoms. The molecular formula is C20H16N4S. The molecule has 0 aliphatic heterocycles. The van der Waals surface area contributed by atoms with E-state index in [4.69, 9.17) is 0 Å². The standard InChI is InChI=1S/C11H9N3S.C9H7N/c1-7-6-15-11(13-7)10-4-8-5-12-3-2-9(8)14-10;1-2-6-9-8(4-1)5-3-7-10-9/h2-6,14H,1H3;1-7H. The van der Waals surface area contributed by atoms with Gasteiger partial charge in [-0.1, -0.05) is 24.3 Å². The van der Waals surface area contributed by atoms with Crippen molar-refractivity contribution in [2.45, 2.75) is 6.92 Å². The van der Waals surface area contributed by atoms with Crippen molar-refractivity contribution in [2.75, 3.05) is 0 Å². The third kappa shape index (κ3) is 3.41. The van der Waals surface area contributed by atoms with Crippen molar-refractivity contribution < 1.29 is 0 Å². The van der Waals surface area contributed by atoms with Gasteiger partial charge >= 0.3 is 0 Å². The van der Waals surface area contributed by atoms with Gasteiger partial charge in [-0.2, -0.15) is 0 Å². The summed E-state index contributed by atoms with van der Waals surface area (Å²) in [5.41, 5.74) is 4.29. The first-order valence-corrected chi connectivity index (χ1v) is 8.82. The van der Waals surface area contributed by atoms with E-state index >= 15 is 0 Å². The number of aromatic amines is 1. The Morgan fingerprint density at radius 1 is 0.960 bits per heavy atom. The van der Waals surface area contributed by atoms with Crippen molar-refractivity contribution in [1.29, 1.82) is 0 Å². The number of nitrogens with zero attached hydrogens (tertiary/aromatic N) is 3. The van der Waals surface area contributed by atoms with Crippen LogP contribution < -0.4 is 0 Å². The van der Waals surface area contributed by atoms with E-state index in [-0.39, 0.29) is 0 Å². The number of aryl methyl sites for hydroxylation is 1. The third-order valence-electron chi connectivity index (χ3n) is 3.78.